The molecule has 0 spiro atoms. The molecule has 1 N–H and O–H groups in total. The minimum Gasteiger partial charge on any atom is -0.504 e. The summed E-state index contributed by atoms with van der Waals surface area (Å²) in [6.45, 7) is 1.21. The van der Waals surface area contributed by atoms with Gasteiger partial charge < -0.3 is 9.84 Å². The van der Waals surface area contributed by atoms with Gasteiger partial charge in [-0.1, -0.05) is 12.1 Å². The van der Waals surface area contributed by atoms with Gasteiger partial charge in [0.25, 0.3) is 0 Å². The topological polar surface area (TPSA) is 63.6 Å². The summed E-state index contributed by atoms with van der Waals surface area (Å²) in [4.78, 5) is 21.7. The Bertz CT molecular complexity index is 446. The number of Topliss-reactive ketones (excluding diaryl/α,β-unsaturated/α-hetero) is 1. The van der Waals surface area contributed by atoms with Crippen LogP contribution in [0.4, 0.5) is 0 Å². The molecule has 16 heavy (non-hydrogen) atoms. The summed E-state index contributed by atoms with van der Waals surface area (Å²) in [6.07, 6.45) is 2.68. The maximum Gasteiger partial charge on any atom is 0.221 e. The Morgan fingerprint density at radius 3 is 2.62 bits per heavy atom. The number of carbonyl (C=O) groups is 2. The van der Waals surface area contributed by atoms with Gasteiger partial charge in [0.2, 0.25) is 5.78 Å². The van der Waals surface area contributed by atoms with E-state index in [9.17, 15) is 14.7 Å². The number of hydrogen-bond acceptors (Lipinski definition) is 4. The van der Waals surface area contributed by atoms with Gasteiger partial charge in [-0.15, -0.1) is 0 Å². The number of phenolic OH excluding ortho intramolecular Hbond substituents is 1. The Hall–Kier alpha value is -2.10. The highest BCUT2D eigenvalue weighted by molar-refractivity contribution is 6.41. The molecular weight excluding hydrogens is 208 g/mol. The van der Waals surface area contributed by atoms with Crippen LogP contribution < -0.4 is 4.74 Å². The van der Waals surface area contributed by atoms with Crippen LogP contribution in [-0.2, 0) is 9.59 Å². The molecule has 0 heterocycles. The number of rotatable bonds is 4. The van der Waals surface area contributed by atoms with Crippen molar-refractivity contribution in [1.82, 2.24) is 0 Å². The lowest BCUT2D eigenvalue weighted by Gasteiger charge is -2.03. The molecule has 0 saturated carbocycles. The van der Waals surface area contributed by atoms with Crippen LogP contribution in [0.15, 0.2) is 24.3 Å². The van der Waals surface area contributed by atoms with Gasteiger partial charge >= 0.3 is 0 Å². The van der Waals surface area contributed by atoms with Gasteiger partial charge in [0.1, 0.15) is 0 Å². The van der Waals surface area contributed by atoms with E-state index < -0.39 is 11.6 Å². The normalized spacial score (nSPS) is 10.4. The van der Waals surface area contributed by atoms with Crippen molar-refractivity contribution in [2.75, 3.05) is 7.11 Å². The Labute approximate surface area is 93.2 Å². The number of carbonyl (C=O) groups excluding carboxylic acids is 2. The van der Waals surface area contributed by atoms with Crippen LogP contribution >= 0.6 is 0 Å². The molecule has 4 heteroatoms. The molecule has 1 rings (SSSR count). The number of ketones is 2. The summed E-state index contributed by atoms with van der Waals surface area (Å²) in [7, 11) is 1.43. The maximum absolute atomic E-state index is 11.0. The van der Waals surface area contributed by atoms with Crippen LogP contribution in [0.25, 0.3) is 6.08 Å². The summed E-state index contributed by atoms with van der Waals surface area (Å²) in [6, 6.07) is 4.64. The molecule has 0 amide bonds. The maximum atomic E-state index is 11.0. The highest BCUT2D eigenvalue weighted by atomic mass is 16.5. The third-order valence-electron chi connectivity index (χ3n) is 1.98. The van der Waals surface area contributed by atoms with Crippen LogP contribution in [0.2, 0.25) is 0 Å². The highest BCUT2D eigenvalue weighted by Crippen LogP contribution is 2.26. The second-order valence-electron chi connectivity index (χ2n) is 3.19. The fourth-order valence-corrected chi connectivity index (χ4v) is 1.09. The second kappa shape index (κ2) is 5.11. The molecule has 1 aromatic rings. The Morgan fingerprint density at radius 1 is 1.38 bits per heavy atom. The number of benzene rings is 1. The van der Waals surface area contributed by atoms with Crippen LogP contribution in [0, 0.1) is 0 Å². The third-order valence-corrected chi connectivity index (χ3v) is 1.98. The lowest BCUT2D eigenvalue weighted by molar-refractivity contribution is -0.132. The fraction of sp³-hybridized carbons (Fsp3) is 0.167. The minimum absolute atomic E-state index is 0.0255. The van der Waals surface area contributed by atoms with Crippen molar-refractivity contribution >= 4 is 17.6 Å². The molecule has 0 aromatic heterocycles. The van der Waals surface area contributed by atoms with Gasteiger partial charge in [-0.25, -0.2) is 0 Å². The summed E-state index contributed by atoms with van der Waals surface area (Å²) < 4.78 is 4.90. The second-order valence-corrected chi connectivity index (χ2v) is 3.19. The van der Waals surface area contributed by atoms with E-state index in [1.165, 1.54) is 32.3 Å². The van der Waals surface area contributed by atoms with Gasteiger partial charge in [0.05, 0.1) is 7.11 Å². The SMILES string of the molecule is COc1cc(/C=C/C(=O)C(C)=O)ccc1O. The molecule has 0 radical (unpaired) electrons. The Morgan fingerprint density at radius 2 is 2.06 bits per heavy atom. The van der Waals surface area contributed by atoms with E-state index in [2.05, 4.69) is 0 Å². The number of phenols is 1. The standard InChI is InChI=1S/C12H12O4/c1-8(13)10(14)5-3-9-4-6-11(15)12(7-9)16-2/h3-7,15H,1-2H3/b5-3+. The monoisotopic (exact) mass is 220 g/mol. The van der Waals surface area contributed by atoms with Crippen LogP contribution in [0.3, 0.4) is 0 Å². The quantitative estimate of drug-likeness (QED) is 0.618. The molecule has 84 valence electrons. The van der Waals surface area contributed by atoms with E-state index in [4.69, 9.17) is 4.74 Å². The average molecular weight is 220 g/mol. The number of hydrogen-bond donors (Lipinski definition) is 1. The lowest BCUT2D eigenvalue weighted by atomic mass is 10.1. The first-order valence-electron chi connectivity index (χ1n) is 4.64. The van der Waals surface area contributed by atoms with E-state index in [1.54, 1.807) is 12.1 Å². The van der Waals surface area contributed by atoms with Crippen molar-refractivity contribution in [1.29, 1.82) is 0 Å². The van der Waals surface area contributed by atoms with Crippen molar-refractivity contribution in [3.8, 4) is 11.5 Å². The van der Waals surface area contributed by atoms with Crippen molar-refractivity contribution in [3.63, 3.8) is 0 Å². The van der Waals surface area contributed by atoms with Gasteiger partial charge in [-0.3, -0.25) is 9.59 Å². The van der Waals surface area contributed by atoms with Crippen molar-refractivity contribution in [3.05, 3.63) is 29.8 Å². The van der Waals surface area contributed by atoms with Crippen LogP contribution in [-0.4, -0.2) is 23.8 Å². The van der Waals surface area contributed by atoms with E-state index in [1.807, 2.05) is 0 Å². The van der Waals surface area contributed by atoms with Crippen LogP contribution in [0.1, 0.15) is 12.5 Å². The van der Waals surface area contributed by atoms with E-state index in [0.29, 0.717) is 11.3 Å². The minimum atomic E-state index is -0.563. The Kier molecular flexibility index (Phi) is 3.83. The lowest BCUT2D eigenvalue weighted by Crippen LogP contribution is -2.04. The first-order valence-corrected chi connectivity index (χ1v) is 4.64. The van der Waals surface area contributed by atoms with E-state index >= 15 is 0 Å². The molecule has 0 aliphatic heterocycles. The molecule has 0 aliphatic carbocycles. The zero-order valence-corrected chi connectivity index (χ0v) is 9.06. The Balaban J connectivity index is 2.90. The van der Waals surface area contributed by atoms with Crippen molar-refractivity contribution in [2.24, 2.45) is 0 Å². The van der Waals surface area contributed by atoms with Crippen molar-refractivity contribution in [2.45, 2.75) is 6.92 Å². The molecule has 0 bridgehead atoms. The van der Waals surface area contributed by atoms with Crippen molar-refractivity contribution < 1.29 is 19.4 Å². The first kappa shape index (κ1) is 12.0. The molecule has 1 aromatic carbocycles. The molecule has 0 aliphatic rings. The van der Waals surface area contributed by atoms with E-state index in [0.717, 1.165) is 0 Å². The van der Waals surface area contributed by atoms with Crippen LogP contribution in [0.5, 0.6) is 11.5 Å². The molecular formula is C12H12O4. The number of methoxy groups -OCH3 is 1. The summed E-state index contributed by atoms with van der Waals surface area (Å²) in [5.41, 5.74) is 0.671. The predicted octanol–water partition coefficient (Wildman–Crippen LogP) is 1.57. The zero-order valence-electron chi connectivity index (χ0n) is 9.06. The van der Waals surface area contributed by atoms with Gasteiger partial charge in [-0.2, -0.15) is 0 Å². The molecule has 0 atom stereocenters. The van der Waals surface area contributed by atoms with E-state index in [-0.39, 0.29) is 5.75 Å². The van der Waals surface area contributed by atoms with Gasteiger partial charge in [0, 0.05) is 6.92 Å². The largest absolute Gasteiger partial charge is 0.504 e. The smallest absolute Gasteiger partial charge is 0.221 e. The number of aromatic hydroxyl groups is 1. The molecule has 0 saturated heterocycles. The molecule has 0 unspecified atom stereocenters. The highest BCUT2D eigenvalue weighted by Gasteiger charge is 2.03. The number of allylic oxidation sites excluding steroid dienone is 1. The molecule has 4 nitrogen and oxygen atoms in total. The summed E-state index contributed by atoms with van der Waals surface area (Å²) >= 11 is 0. The predicted molar refractivity (Wildman–Crippen MR) is 59.4 cm³/mol. The first-order chi connectivity index (χ1) is 7.54. The van der Waals surface area contributed by atoms with Gasteiger partial charge in [-0.05, 0) is 23.8 Å². The molecule has 0 fully saturated rings. The number of ether oxygens (including phenoxy) is 1. The fourth-order valence-electron chi connectivity index (χ4n) is 1.09. The summed E-state index contributed by atoms with van der Waals surface area (Å²) in [5.74, 6) is -0.732. The summed E-state index contributed by atoms with van der Waals surface area (Å²) in [5, 5.41) is 9.33. The average Bonchev–Trinajstić information content (AvgIpc) is 2.27. The zero-order chi connectivity index (χ0) is 12.1. The third kappa shape index (κ3) is 2.95. The van der Waals surface area contributed by atoms with Gasteiger partial charge in [0.15, 0.2) is 17.3 Å².